The van der Waals surface area contributed by atoms with Gasteiger partial charge < -0.3 is 15.0 Å². The van der Waals surface area contributed by atoms with Crippen molar-refractivity contribution < 1.29 is 14.7 Å². The van der Waals surface area contributed by atoms with Crippen LogP contribution in [0.3, 0.4) is 0 Å². The molecule has 0 bridgehead atoms. The van der Waals surface area contributed by atoms with E-state index in [2.05, 4.69) is 10.4 Å². The van der Waals surface area contributed by atoms with Gasteiger partial charge in [0.2, 0.25) is 0 Å². The largest absolute Gasteiger partial charge is 0.481 e. The summed E-state index contributed by atoms with van der Waals surface area (Å²) in [6.45, 7) is 0. The third-order valence-corrected chi connectivity index (χ3v) is 4.12. The number of nitrogens with zero attached hydrogens (tertiary/aromatic N) is 3. The number of aromatic nitrogens is 3. The van der Waals surface area contributed by atoms with Crippen LogP contribution in [-0.2, 0) is 11.8 Å². The van der Waals surface area contributed by atoms with Gasteiger partial charge in [0.15, 0.2) is 0 Å². The van der Waals surface area contributed by atoms with E-state index in [9.17, 15) is 9.59 Å². The summed E-state index contributed by atoms with van der Waals surface area (Å²) in [6.07, 6.45) is 7.03. The molecule has 7 nitrogen and oxygen atoms in total. The Kier molecular flexibility index (Phi) is 3.70. The Morgan fingerprint density at radius 1 is 1.32 bits per heavy atom. The lowest BCUT2D eigenvalue weighted by molar-refractivity contribution is -0.141. The zero-order valence-electron chi connectivity index (χ0n) is 12.3. The molecule has 2 aromatic heterocycles. The fraction of sp³-hybridized carbons (Fsp3) is 0.400. The van der Waals surface area contributed by atoms with Crippen molar-refractivity contribution >= 4 is 11.9 Å². The Hall–Kier alpha value is -2.57. The summed E-state index contributed by atoms with van der Waals surface area (Å²) in [5.41, 5.74) is 0.484. The maximum absolute atomic E-state index is 12.5. The van der Waals surface area contributed by atoms with Gasteiger partial charge in [-0.15, -0.1) is 0 Å². The zero-order chi connectivity index (χ0) is 15.7. The highest BCUT2D eigenvalue weighted by molar-refractivity contribution is 5.97. The molecule has 0 saturated heterocycles. The van der Waals surface area contributed by atoms with Crippen LogP contribution in [0.4, 0.5) is 0 Å². The van der Waals surface area contributed by atoms with Crippen molar-refractivity contribution in [3.8, 4) is 5.82 Å². The molecule has 2 atom stereocenters. The fourth-order valence-electron chi connectivity index (χ4n) is 2.97. The first-order chi connectivity index (χ1) is 10.6. The van der Waals surface area contributed by atoms with E-state index in [4.69, 9.17) is 5.11 Å². The Balaban J connectivity index is 1.75. The highest BCUT2D eigenvalue weighted by Gasteiger charge is 2.31. The predicted molar refractivity (Wildman–Crippen MR) is 78.8 cm³/mol. The number of carboxylic acids is 1. The summed E-state index contributed by atoms with van der Waals surface area (Å²) in [4.78, 5) is 23.5. The van der Waals surface area contributed by atoms with Gasteiger partial charge in [0, 0.05) is 25.5 Å². The first kappa shape index (κ1) is 14.4. The standard InChI is InChI=1S/C15H18N4O3/c1-18-14(19-6-2-3-7-19)12(9-16-18)13(20)17-11-5-4-10(8-11)15(21)22/h2-3,6-7,9-11H,4-5,8H2,1H3,(H,17,20)(H,21,22)/t10-,11-/m1/s1. The second kappa shape index (κ2) is 5.67. The Labute approximate surface area is 127 Å². The van der Waals surface area contributed by atoms with Gasteiger partial charge in [-0.05, 0) is 31.4 Å². The molecule has 22 heavy (non-hydrogen) atoms. The molecule has 2 heterocycles. The fourth-order valence-corrected chi connectivity index (χ4v) is 2.97. The Bertz CT molecular complexity index is 690. The minimum absolute atomic E-state index is 0.0914. The lowest BCUT2D eigenvalue weighted by Gasteiger charge is -2.13. The van der Waals surface area contributed by atoms with Gasteiger partial charge in [-0.3, -0.25) is 14.3 Å². The normalized spacial score (nSPS) is 21.0. The molecule has 0 spiro atoms. The molecular weight excluding hydrogens is 284 g/mol. The maximum atomic E-state index is 12.5. The Morgan fingerprint density at radius 3 is 2.68 bits per heavy atom. The molecule has 2 N–H and O–H groups in total. The van der Waals surface area contributed by atoms with Crippen LogP contribution in [0.15, 0.2) is 30.7 Å². The molecular formula is C15H18N4O3. The minimum Gasteiger partial charge on any atom is -0.481 e. The first-order valence-corrected chi connectivity index (χ1v) is 7.25. The van der Waals surface area contributed by atoms with Crippen molar-refractivity contribution in [2.24, 2.45) is 13.0 Å². The SMILES string of the molecule is Cn1ncc(C(=O)N[C@@H]2CC[C@@H](C(=O)O)C2)c1-n1cccc1. The van der Waals surface area contributed by atoms with Crippen molar-refractivity contribution in [2.75, 3.05) is 0 Å². The summed E-state index contributed by atoms with van der Waals surface area (Å²) in [7, 11) is 1.78. The summed E-state index contributed by atoms with van der Waals surface area (Å²) < 4.78 is 3.47. The second-order valence-corrected chi connectivity index (χ2v) is 5.61. The van der Waals surface area contributed by atoms with Gasteiger partial charge in [0.1, 0.15) is 11.4 Å². The number of nitrogens with one attached hydrogen (secondary N) is 1. The lowest BCUT2D eigenvalue weighted by atomic mass is 10.1. The van der Waals surface area contributed by atoms with Gasteiger partial charge >= 0.3 is 5.97 Å². The van der Waals surface area contributed by atoms with Gasteiger partial charge in [-0.25, -0.2) is 0 Å². The number of aryl methyl sites for hydroxylation is 1. The topological polar surface area (TPSA) is 89.2 Å². The number of amides is 1. The third kappa shape index (κ3) is 2.61. The van der Waals surface area contributed by atoms with E-state index in [1.807, 2.05) is 29.1 Å². The van der Waals surface area contributed by atoms with Crippen LogP contribution in [0.1, 0.15) is 29.6 Å². The molecule has 116 valence electrons. The van der Waals surface area contributed by atoms with E-state index in [1.54, 1.807) is 11.7 Å². The van der Waals surface area contributed by atoms with Crippen LogP contribution in [0.2, 0.25) is 0 Å². The van der Waals surface area contributed by atoms with Crippen LogP contribution < -0.4 is 5.32 Å². The molecule has 1 aliphatic rings. The molecule has 0 unspecified atom stereocenters. The van der Waals surface area contributed by atoms with Crippen LogP contribution in [0, 0.1) is 5.92 Å². The predicted octanol–water partition coefficient (Wildman–Crippen LogP) is 1.19. The average molecular weight is 302 g/mol. The second-order valence-electron chi connectivity index (χ2n) is 5.61. The van der Waals surface area contributed by atoms with E-state index in [1.165, 1.54) is 6.20 Å². The number of carbonyl (C=O) groups excluding carboxylic acids is 1. The minimum atomic E-state index is -0.786. The highest BCUT2D eigenvalue weighted by atomic mass is 16.4. The van der Waals surface area contributed by atoms with Crippen molar-refractivity contribution in [2.45, 2.75) is 25.3 Å². The zero-order valence-corrected chi connectivity index (χ0v) is 12.3. The molecule has 2 aromatic rings. The van der Waals surface area contributed by atoms with Gasteiger partial charge in [0.25, 0.3) is 5.91 Å². The lowest BCUT2D eigenvalue weighted by Crippen LogP contribution is -2.33. The van der Waals surface area contributed by atoms with Gasteiger partial charge in [0.05, 0.1) is 12.1 Å². The van der Waals surface area contributed by atoms with Crippen molar-refractivity contribution in [3.63, 3.8) is 0 Å². The summed E-state index contributed by atoms with van der Waals surface area (Å²) in [5, 5.41) is 16.1. The van der Waals surface area contributed by atoms with E-state index in [0.717, 1.165) is 0 Å². The summed E-state index contributed by atoms with van der Waals surface area (Å²) in [5.74, 6) is -0.669. The first-order valence-electron chi connectivity index (χ1n) is 7.25. The van der Waals surface area contributed by atoms with Gasteiger partial charge in [-0.2, -0.15) is 5.10 Å². The molecule has 0 aliphatic heterocycles. The quantitative estimate of drug-likeness (QED) is 0.888. The molecule has 1 amide bonds. The smallest absolute Gasteiger partial charge is 0.306 e. The van der Waals surface area contributed by atoms with Crippen LogP contribution in [-0.4, -0.2) is 37.4 Å². The van der Waals surface area contributed by atoms with Crippen LogP contribution >= 0.6 is 0 Å². The van der Waals surface area contributed by atoms with Crippen molar-refractivity contribution in [1.29, 1.82) is 0 Å². The van der Waals surface area contributed by atoms with Crippen LogP contribution in [0.5, 0.6) is 0 Å². The number of carbonyl (C=O) groups is 2. The third-order valence-electron chi connectivity index (χ3n) is 4.12. The van der Waals surface area contributed by atoms with E-state index < -0.39 is 5.97 Å². The number of rotatable bonds is 4. The molecule has 1 fully saturated rings. The molecule has 7 heteroatoms. The molecule has 0 aromatic carbocycles. The number of hydrogen-bond acceptors (Lipinski definition) is 3. The van der Waals surface area contributed by atoms with Crippen LogP contribution in [0.25, 0.3) is 5.82 Å². The number of carboxylic acid groups (broad SMARTS) is 1. The van der Waals surface area contributed by atoms with E-state index in [-0.39, 0.29) is 17.9 Å². The highest BCUT2D eigenvalue weighted by Crippen LogP contribution is 2.26. The van der Waals surface area contributed by atoms with E-state index in [0.29, 0.717) is 30.6 Å². The van der Waals surface area contributed by atoms with E-state index >= 15 is 0 Å². The maximum Gasteiger partial charge on any atom is 0.306 e. The monoisotopic (exact) mass is 302 g/mol. The number of aliphatic carboxylic acids is 1. The Morgan fingerprint density at radius 2 is 2.05 bits per heavy atom. The number of hydrogen-bond donors (Lipinski definition) is 2. The van der Waals surface area contributed by atoms with Crippen molar-refractivity contribution in [1.82, 2.24) is 19.7 Å². The summed E-state index contributed by atoms with van der Waals surface area (Å²) >= 11 is 0. The molecule has 1 saturated carbocycles. The molecule has 1 aliphatic carbocycles. The van der Waals surface area contributed by atoms with Gasteiger partial charge in [-0.1, -0.05) is 0 Å². The van der Waals surface area contributed by atoms with Crippen molar-refractivity contribution in [3.05, 3.63) is 36.3 Å². The molecule has 3 rings (SSSR count). The average Bonchev–Trinajstić information content (AvgIpc) is 3.17. The summed E-state index contributed by atoms with van der Waals surface area (Å²) in [6, 6.07) is 3.66. The molecule has 0 radical (unpaired) electrons.